The van der Waals surface area contributed by atoms with Crippen LogP contribution in [0.2, 0.25) is 0 Å². The van der Waals surface area contributed by atoms with Crippen LogP contribution in [0.15, 0.2) is 12.4 Å². The van der Waals surface area contributed by atoms with Gasteiger partial charge in [0, 0.05) is 6.42 Å². The van der Waals surface area contributed by atoms with Crippen molar-refractivity contribution in [3.05, 3.63) is 12.4 Å². The van der Waals surface area contributed by atoms with Crippen molar-refractivity contribution in [3.63, 3.8) is 0 Å². The predicted octanol–water partition coefficient (Wildman–Crippen LogP) is 2.50. The highest BCUT2D eigenvalue weighted by atomic mass is 19.1. The number of hydrogen-bond acceptors (Lipinski definition) is 1. The molecule has 0 saturated carbocycles. The smallest absolute Gasteiger partial charge is 0.303 e. The summed E-state index contributed by atoms with van der Waals surface area (Å²) in [6.07, 6.45) is 2.62. The molecule has 3 heteroatoms. The molecule has 64 valence electrons. The quantitative estimate of drug-likeness (QED) is 0.606. The lowest BCUT2D eigenvalue weighted by atomic mass is 10.1. The molecule has 0 aromatic carbocycles. The zero-order valence-electron chi connectivity index (χ0n) is 6.48. The van der Waals surface area contributed by atoms with Crippen molar-refractivity contribution in [3.8, 4) is 0 Å². The van der Waals surface area contributed by atoms with E-state index in [0.29, 0.717) is 19.3 Å². The van der Waals surface area contributed by atoms with E-state index in [1.807, 2.05) is 0 Å². The van der Waals surface area contributed by atoms with E-state index in [1.54, 1.807) is 0 Å². The van der Waals surface area contributed by atoms with Gasteiger partial charge in [-0.05, 0) is 19.3 Å². The molecule has 1 N–H and O–H groups in total. The molecule has 0 unspecified atom stereocenters. The average molecular weight is 160 g/mol. The van der Waals surface area contributed by atoms with Gasteiger partial charge in [-0.15, -0.1) is 0 Å². The Morgan fingerprint density at radius 3 is 2.27 bits per heavy atom. The van der Waals surface area contributed by atoms with Gasteiger partial charge < -0.3 is 5.11 Å². The van der Waals surface area contributed by atoms with E-state index in [2.05, 4.69) is 6.58 Å². The maximum Gasteiger partial charge on any atom is 0.303 e. The molecule has 0 bridgehead atoms. The monoisotopic (exact) mass is 160 g/mol. The van der Waals surface area contributed by atoms with E-state index >= 15 is 0 Å². The molecule has 0 heterocycles. The van der Waals surface area contributed by atoms with Gasteiger partial charge in [-0.3, -0.25) is 4.79 Å². The van der Waals surface area contributed by atoms with Crippen molar-refractivity contribution >= 4 is 5.97 Å². The first-order chi connectivity index (χ1) is 5.13. The van der Waals surface area contributed by atoms with Gasteiger partial charge in [0.25, 0.3) is 0 Å². The van der Waals surface area contributed by atoms with E-state index < -0.39 is 5.97 Å². The fraction of sp³-hybridized carbons (Fsp3) is 0.625. The molecule has 0 atom stereocenters. The lowest BCUT2D eigenvalue weighted by molar-refractivity contribution is -0.137. The molecule has 0 fully saturated rings. The van der Waals surface area contributed by atoms with Crippen molar-refractivity contribution in [1.29, 1.82) is 0 Å². The highest BCUT2D eigenvalue weighted by Gasteiger charge is 1.96. The van der Waals surface area contributed by atoms with Crippen LogP contribution in [0, 0.1) is 0 Å². The molecule has 0 radical (unpaired) electrons. The van der Waals surface area contributed by atoms with E-state index in [0.717, 1.165) is 6.42 Å². The van der Waals surface area contributed by atoms with E-state index in [9.17, 15) is 9.18 Å². The zero-order valence-corrected chi connectivity index (χ0v) is 6.48. The number of aliphatic carboxylic acids is 1. The summed E-state index contributed by atoms with van der Waals surface area (Å²) in [5, 5.41) is 8.23. The van der Waals surface area contributed by atoms with Crippen molar-refractivity contribution < 1.29 is 14.3 Å². The Labute approximate surface area is 65.7 Å². The highest BCUT2D eigenvalue weighted by molar-refractivity contribution is 5.66. The van der Waals surface area contributed by atoms with Gasteiger partial charge in [-0.2, -0.15) is 0 Å². The third kappa shape index (κ3) is 9.14. The van der Waals surface area contributed by atoms with Gasteiger partial charge in [0.2, 0.25) is 0 Å². The predicted molar refractivity (Wildman–Crippen MR) is 41.0 cm³/mol. The minimum Gasteiger partial charge on any atom is -0.481 e. The standard InChI is InChI=1S/C8H13FO2/c1-7(9)5-3-2-4-6-8(10)11/h1-6H2,(H,10,11). The van der Waals surface area contributed by atoms with Gasteiger partial charge in [0.05, 0.1) is 5.83 Å². The van der Waals surface area contributed by atoms with Crippen LogP contribution >= 0.6 is 0 Å². The Morgan fingerprint density at radius 1 is 1.27 bits per heavy atom. The summed E-state index contributed by atoms with van der Waals surface area (Å²) in [6.45, 7) is 3.10. The molecule has 0 spiro atoms. The summed E-state index contributed by atoms with van der Waals surface area (Å²) in [5.74, 6) is -1.11. The summed E-state index contributed by atoms with van der Waals surface area (Å²) in [7, 11) is 0. The van der Waals surface area contributed by atoms with Crippen LogP contribution in [-0.2, 0) is 4.79 Å². The normalized spacial score (nSPS) is 9.55. The zero-order chi connectivity index (χ0) is 8.69. The lowest BCUT2D eigenvalue weighted by Crippen LogP contribution is -1.93. The molecular weight excluding hydrogens is 147 g/mol. The van der Waals surface area contributed by atoms with Crippen LogP contribution in [0.1, 0.15) is 32.1 Å². The first-order valence-corrected chi connectivity index (χ1v) is 3.68. The van der Waals surface area contributed by atoms with Crippen LogP contribution in [0.3, 0.4) is 0 Å². The second kappa shape index (κ2) is 5.89. The van der Waals surface area contributed by atoms with E-state index in [4.69, 9.17) is 5.11 Å². The molecule has 0 aliphatic heterocycles. The van der Waals surface area contributed by atoms with Crippen LogP contribution in [0.5, 0.6) is 0 Å². The van der Waals surface area contributed by atoms with Crippen LogP contribution < -0.4 is 0 Å². The van der Waals surface area contributed by atoms with E-state index in [-0.39, 0.29) is 12.2 Å². The maximum atomic E-state index is 12.0. The molecule has 2 nitrogen and oxygen atoms in total. The van der Waals surface area contributed by atoms with Gasteiger partial charge in [0.15, 0.2) is 0 Å². The Bertz CT molecular complexity index is 127. The molecule has 0 aromatic rings. The summed E-state index contributed by atoms with van der Waals surface area (Å²) in [6, 6.07) is 0. The molecule has 11 heavy (non-hydrogen) atoms. The SMILES string of the molecule is C=C(F)CCCCCC(=O)O. The second-order valence-corrected chi connectivity index (χ2v) is 2.47. The van der Waals surface area contributed by atoms with Crippen LogP contribution in [0.4, 0.5) is 4.39 Å². The Morgan fingerprint density at radius 2 is 1.82 bits per heavy atom. The molecule has 0 aromatic heterocycles. The van der Waals surface area contributed by atoms with Gasteiger partial charge in [0.1, 0.15) is 0 Å². The fourth-order valence-electron chi connectivity index (χ4n) is 0.770. The Hall–Kier alpha value is -0.860. The second-order valence-electron chi connectivity index (χ2n) is 2.47. The average Bonchev–Trinajstić information content (AvgIpc) is 1.85. The van der Waals surface area contributed by atoms with E-state index in [1.165, 1.54) is 0 Å². The first kappa shape index (κ1) is 10.1. The summed E-state index contributed by atoms with van der Waals surface area (Å²) in [5.41, 5.74) is 0. The topological polar surface area (TPSA) is 37.3 Å². The molecular formula is C8H13FO2. The number of carboxylic acid groups (broad SMARTS) is 1. The summed E-state index contributed by atoms with van der Waals surface area (Å²) >= 11 is 0. The van der Waals surface area contributed by atoms with Crippen LogP contribution in [-0.4, -0.2) is 11.1 Å². The minimum absolute atomic E-state index is 0.179. The van der Waals surface area contributed by atoms with Crippen molar-refractivity contribution in [2.24, 2.45) is 0 Å². The van der Waals surface area contributed by atoms with Crippen molar-refractivity contribution in [1.82, 2.24) is 0 Å². The van der Waals surface area contributed by atoms with Gasteiger partial charge in [-0.1, -0.05) is 13.0 Å². The summed E-state index contributed by atoms with van der Waals surface area (Å²) in [4.78, 5) is 10.0. The maximum absolute atomic E-state index is 12.0. The van der Waals surface area contributed by atoms with Crippen LogP contribution in [0.25, 0.3) is 0 Å². The highest BCUT2D eigenvalue weighted by Crippen LogP contribution is 2.08. The van der Waals surface area contributed by atoms with Gasteiger partial charge >= 0.3 is 5.97 Å². The number of halogens is 1. The molecule has 0 rings (SSSR count). The van der Waals surface area contributed by atoms with Gasteiger partial charge in [-0.25, -0.2) is 4.39 Å². The first-order valence-electron chi connectivity index (χ1n) is 3.68. The minimum atomic E-state index is -0.788. The number of unbranched alkanes of at least 4 members (excludes halogenated alkanes) is 2. The van der Waals surface area contributed by atoms with Crippen molar-refractivity contribution in [2.45, 2.75) is 32.1 Å². The summed E-state index contributed by atoms with van der Waals surface area (Å²) < 4.78 is 12.0. The Balaban J connectivity index is 3.03. The Kier molecular flexibility index (Phi) is 5.43. The number of hydrogen-bond donors (Lipinski definition) is 1. The number of rotatable bonds is 6. The third-order valence-electron chi connectivity index (χ3n) is 1.34. The number of allylic oxidation sites excluding steroid dienone is 1. The largest absolute Gasteiger partial charge is 0.481 e. The molecule has 0 saturated heterocycles. The molecule has 0 aliphatic carbocycles. The third-order valence-corrected chi connectivity index (χ3v) is 1.34. The van der Waals surface area contributed by atoms with Crippen molar-refractivity contribution in [2.75, 3.05) is 0 Å². The number of carboxylic acids is 1. The fourth-order valence-corrected chi connectivity index (χ4v) is 0.770. The lowest BCUT2D eigenvalue weighted by Gasteiger charge is -1.95. The molecule has 0 amide bonds. The number of carbonyl (C=O) groups is 1. The molecule has 0 aliphatic rings.